The number of halogens is 1. The van der Waals surface area contributed by atoms with E-state index in [4.69, 9.17) is 0 Å². The smallest absolute Gasteiger partial charge is 0.229 e. The number of carbonyl (C=O) groups excluding carboxylic acids is 1. The number of carbonyl (C=O) groups is 1. The van der Waals surface area contributed by atoms with Crippen molar-refractivity contribution in [2.75, 3.05) is 5.32 Å². The molecule has 1 aromatic carbocycles. The summed E-state index contributed by atoms with van der Waals surface area (Å²) in [5, 5.41) is 5.94. The van der Waals surface area contributed by atoms with Crippen LogP contribution in [0, 0.1) is 6.92 Å². The number of amides is 1. The molecule has 0 unspecified atom stereocenters. The fraction of sp³-hybridized carbons (Fsp3) is 0.125. The molecule has 0 saturated heterocycles. The summed E-state index contributed by atoms with van der Waals surface area (Å²) < 4.78 is 0.877. The van der Waals surface area contributed by atoms with Crippen molar-refractivity contribution in [1.29, 1.82) is 0 Å². The summed E-state index contributed by atoms with van der Waals surface area (Å²) in [6, 6.07) is 11.6. The molecule has 1 N–H and O–H groups in total. The molecular weight excluding hydrogens is 380 g/mol. The summed E-state index contributed by atoms with van der Waals surface area (Å²) >= 11 is 6.66. The van der Waals surface area contributed by atoms with Gasteiger partial charge in [-0.3, -0.25) is 4.79 Å². The van der Waals surface area contributed by atoms with Gasteiger partial charge < -0.3 is 5.32 Å². The van der Waals surface area contributed by atoms with Gasteiger partial charge in [-0.1, -0.05) is 18.2 Å². The van der Waals surface area contributed by atoms with Gasteiger partial charge in [0, 0.05) is 9.35 Å². The molecule has 3 rings (SSSR count). The van der Waals surface area contributed by atoms with E-state index in [9.17, 15) is 4.79 Å². The molecule has 6 heteroatoms. The predicted molar refractivity (Wildman–Crippen MR) is 96.6 cm³/mol. The molecule has 0 aliphatic heterocycles. The summed E-state index contributed by atoms with van der Waals surface area (Å²) in [6.45, 7) is 1.97. The molecule has 0 aliphatic carbocycles. The van der Waals surface area contributed by atoms with Gasteiger partial charge in [0.2, 0.25) is 5.91 Å². The molecule has 1 amide bonds. The van der Waals surface area contributed by atoms with E-state index in [2.05, 4.69) is 26.2 Å². The molecule has 22 heavy (non-hydrogen) atoms. The lowest BCUT2D eigenvalue weighted by Crippen LogP contribution is -2.14. The van der Waals surface area contributed by atoms with Crippen LogP contribution in [0.5, 0.6) is 0 Å². The van der Waals surface area contributed by atoms with Crippen molar-refractivity contribution in [2.24, 2.45) is 0 Å². The number of thiazole rings is 1. The van der Waals surface area contributed by atoms with E-state index in [-0.39, 0.29) is 5.91 Å². The second-order valence-electron chi connectivity index (χ2n) is 4.69. The van der Waals surface area contributed by atoms with E-state index in [0.717, 1.165) is 30.6 Å². The molecule has 0 fully saturated rings. The first-order valence-corrected chi connectivity index (χ1v) is 9.17. The van der Waals surface area contributed by atoms with E-state index < -0.39 is 0 Å². The Bertz CT molecular complexity index is 796. The molecule has 3 nitrogen and oxygen atoms in total. The van der Waals surface area contributed by atoms with Gasteiger partial charge >= 0.3 is 0 Å². The van der Waals surface area contributed by atoms with Crippen molar-refractivity contribution in [3.8, 4) is 10.6 Å². The molecule has 0 atom stereocenters. The van der Waals surface area contributed by atoms with E-state index in [1.807, 2.05) is 48.7 Å². The maximum atomic E-state index is 12.3. The summed E-state index contributed by atoms with van der Waals surface area (Å²) in [5.41, 5.74) is 1.71. The molecule has 3 aromatic rings. The molecule has 0 saturated carbocycles. The average molecular weight is 393 g/mol. The van der Waals surface area contributed by atoms with Crippen LogP contribution in [-0.2, 0) is 11.2 Å². The molecule has 2 aromatic heterocycles. The number of rotatable bonds is 4. The van der Waals surface area contributed by atoms with Gasteiger partial charge in [-0.2, -0.15) is 0 Å². The van der Waals surface area contributed by atoms with Crippen molar-refractivity contribution in [3.63, 3.8) is 0 Å². The van der Waals surface area contributed by atoms with E-state index in [0.29, 0.717) is 6.42 Å². The number of benzene rings is 1. The third kappa shape index (κ3) is 3.45. The number of hydrogen-bond donors (Lipinski definition) is 1. The van der Waals surface area contributed by atoms with Crippen LogP contribution < -0.4 is 5.32 Å². The van der Waals surface area contributed by atoms with Crippen LogP contribution in [0.15, 0.2) is 46.3 Å². The molecule has 112 valence electrons. The summed E-state index contributed by atoms with van der Waals surface area (Å²) in [4.78, 5) is 19.0. The van der Waals surface area contributed by atoms with Crippen LogP contribution in [0.1, 0.15) is 9.88 Å². The van der Waals surface area contributed by atoms with Crippen LogP contribution >= 0.6 is 38.6 Å². The predicted octanol–water partition coefficient (Wildman–Crippen LogP) is 5.12. The monoisotopic (exact) mass is 392 g/mol. The average Bonchev–Trinajstić information content (AvgIpc) is 3.11. The Morgan fingerprint density at radius 2 is 2.09 bits per heavy atom. The van der Waals surface area contributed by atoms with Crippen LogP contribution in [0.25, 0.3) is 10.6 Å². The summed E-state index contributed by atoms with van der Waals surface area (Å²) in [6.07, 6.45) is 0.333. The highest BCUT2D eigenvalue weighted by atomic mass is 79.9. The zero-order chi connectivity index (χ0) is 15.5. The number of anilines is 1. The van der Waals surface area contributed by atoms with E-state index in [1.54, 1.807) is 22.7 Å². The second-order valence-corrected chi connectivity index (χ2v) is 7.78. The lowest BCUT2D eigenvalue weighted by atomic mass is 10.2. The quantitative estimate of drug-likeness (QED) is 0.668. The van der Waals surface area contributed by atoms with Gasteiger partial charge in [0.1, 0.15) is 0 Å². The first-order chi connectivity index (χ1) is 10.6. The highest BCUT2D eigenvalue weighted by Crippen LogP contribution is 2.32. The minimum Gasteiger partial charge on any atom is -0.325 e. The minimum absolute atomic E-state index is 0.0339. The zero-order valence-electron chi connectivity index (χ0n) is 11.8. The lowest BCUT2D eigenvalue weighted by Gasteiger charge is -2.06. The molecule has 0 aliphatic rings. The van der Waals surface area contributed by atoms with Gasteiger partial charge in [-0.15, -0.1) is 22.7 Å². The zero-order valence-corrected chi connectivity index (χ0v) is 15.0. The highest BCUT2D eigenvalue weighted by molar-refractivity contribution is 9.10. The Labute approximate surface area is 145 Å². The van der Waals surface area contributed by atoms with Gasteiger partial charge in [0.25, 0.3) is 0 Å². The SMILES string of the molecule is Cc1nc(-c2cccs2)c(CC(=O)Nc2ccccc2Br)s1. The first kappa shape index (κ1) is 15.4. The van der Waals surface area contributed by atoms with E-state index >= 15 is 0 Å². The number of nitrogens with zero attached hydrogens (tertiary/aromatic N) is 1. The number of hydrogen-bond acceptors (Lipinski definition) is 4. The number of aryl methyl sites for hydroxylation is 1. The molecule has 0 bridgehead atoms. The molecule has 2 heterocycles. The standard InChI is InChI=1S/C16H13BrN2OS2/c1-10-18-16(13-7-4-8-21-13)14(22-10)9-15(20)19-12-6-3-2-5-11(12)17/h2-8H,9H2,1H3,(H,19,20). The summed E-state index contributed by atoms with van der Waals surface area (Å²) in [5.74, 6) is -0.0339. The van der Waals surface area contributed by atoms with E-state index in [1.165, 1.54) is 0 Å². The Hall–Kier alpha value is -1.50. The fourth-order valence-corrected chi connectivity index (χ4v) is 4.24. The van der Waals surface area contributed by atoms with Crippen LogP contribution in [0.2, 0.25) is 0 Å². The normalized spacial score (nSPS) is 10.6. The topological polar surface area (TPSA) is 42.0 Å². The summed E-state index contributed by atoms with van der Waals surface area (Å²) in [7, 11) is 0. The van der Waals surface area contributed by atoms with Gasteiger partial charge in [-0.05, 0) is 46.4 Å². The lowest BCUT2D eigenvalue weighted by molar-refractivity contribution is -0.115. The Morgan fingerprint density at radius 3 is 2.82 bits per heavy atom. The van der Waals surface area contributed by atoms with Gasteiger partial charge in [-0.25, -0.2) is 4.98 Å². The number of aromatic nitrogens is 1. The fourth-order valence-electron chi connectivity index (χ4n) is 2.10. The maximum absolute atomic E-state index is 12.3. The Balaban J connectivity index is 1.79. The first-order valence-electron chi connectivity index (χ1n) is 6.68. The number of thiophene rings is 1. The van der Waals surface area contributed by atoms with Crippen LogP contribution in [-0.4, -0.2) is 10.9 Å². The van der Waals surface area contributed by atoms with Crippen LogP contribution in [0.4, 0.5) is 5.69 Å². The van der Waals surface area contributed by atoms with Crippen LogP contribution in [0.3, 0.4) is 0 Å². The third-order valence-electron chi connectivity index (χ3n) is 3.03. The van der Waals surface area contributed by atoms with Crippen molar-refractivity contribution >= 4 is 50.2 Å². The largest absolute Gasteiger partial charge is 0.325 e. The Morgan fingerprint density at radius 1 is 1.27 bits per heavy atom. The highest BCUT2D eigenvalue weighted by Gasteiger charge is 2.16. The molecule has 0 radical (unpaired) electrons. The number of para-hydroxylation sites is 1. The minimum atomic E-state index is -0.0339. The van der Waals surface area contributed by atoms with Gasteiger partial charge in [0.15, 0.2) is 0 Å². The molecule has 0 spiro atoms. The second kappa shape index (κ2) is 6.73. The Kier molecular flexibility index (Phi) is 4.71. The van der Waals surface area contributed by atoms with Crippen molar-refractivity contribution in [1.82, 2.24) is 4.98 Å². The van der Waals surface area contributed by atoms with Crippen molar-refractivity contribution in [3.05, 3.63) is 56.1 Å². The van der Waals surface area contributed by atoms with Gasteiger partial charge in [0.05, 0.1) is 27.7 Å². The molecular formula is C16H13BrN2OS2. The van der Waals surface area contributed by atoms with Crippen molar-refractivity contribution in [2.45, 2.75) is 13.3 Å². The van der Waals surface area contributed by atoms with Crippen molar-refractivity contribution < 1.29 is 4.79 Å². The number of nitrogens with one attached hydrogen (secondary N) is 1. The maximum Gasteiger partial charge on any atom is 0.229 e. The third-order valence-corrected chi connectivity index (χ3v) is 5.57.